The maximum absolute atomic E-state index is 7.95. The molecule has 1 unspecified atom stereocenters. The highest BCUT2D eigenvalue weighted by atomic mass is 17.1. The molecule has 8 heavy (non-hydrogen) atoms. The quantitative estimate of drug-likeness (QED) is 0.340. The second kappa shape index (κ2) is 4.61. The molecule has 3 heteroatoms. The van der Waals surface area contributed by atoms with Crippen LogP contribution in [0.5, 0.6) is 0 Å². The van der Waals surface area contributed by atoms with Crippen LogP contribution in [0.25, 0.3) is 0 Å². The third-order valence-corrected chi connectivity index (χ3v) is 0.629. The second-order valence-corrected chi connectivity index (χ2v) is 1.42. The van der Waals surface area contributed by atoms with Crippen molar-refractivity contribution >= 4 is 0 Å². The van der Waals surface area contributed by atoms with Gasteiger partial charge in [-0.3, -0.25) is 5.26 Å². The Balaban J connectivity index is 2.97. The third-order valence-electron chi connectivity index (χ3n) is 0.629. The molecule has 0 aliphatic heterocycles. The van der Waals surface area contributed by atoms with Crippen molar-refractivity contribution in [1.82, 2.24) is 0 Å². The lowest BCUT2D eigenvalue weighted by Crippen LogP contribution is -2.11. The lowest BCUT2D eigenvalue weighted by Gasteiger charge is -2.04. The van der Waals surface area contributed by atoms with Gasteiger partial charge in [0, 0.05) is 0 Å². The Hall–Kier alpha value is -0.540. The van der Waals surface area contributed by atoms with E-state index in [0.29, 0.717) is 6.61 Å². The van der Waals surface area contributed by atoms with Gasteiger partial charge in [0.25, 0.3) is 0 Å². The van der Waals surface area contributed by atoms with E-state index in [-0.39, 0.29) is 6.10 Å². The minimum absolute atomic E-state index is 0.284. The standard InChI is InChI=1S/C5H10O3/c1-3-7-4-5(2)8-6/h3,5-6H,1,4H2,2H3. The lowest BCUT2D eigenvalue weighted by molar-refractivity contribution is -0.279. The van der Waals surface area contributed by atoms with Crippen LogP contribution in [0.15, 0.2) is 12.8 Å². The highest BCUT2D eigenvalue weighted by molar-refractivity contribution is 4.51. The summed E-state index contributed by atoms with van der Waals surface area (Å²) in [7, 11) is 0. The van der Waals surface area contributed by atoms with Crippen LogP contribution in [-0.2, 0) is 9.62 Å². The summed E-state index contributed by atoms with van der Waals surface area (Å²) >= 11 is 0. The van der Waals surface area contributed by atoms with Crippen LogP contribution < -0.4 is 0 Å². The summed E-state index contributed by atoms with van der Waals surface area (Å²) in [6, 6.07) is 0. The first-order valence-electron chi connectivity index (χ1n) is 2.34. The van der Waals surface area contributed by atoms with Crippen LogP contribution in [0.4, 0.5) is 0 Å². The van der Waals surface area contributed by atoms with Gasteiger partial charge < -0.3 is 4.74 Å². The van der Waals surface area contributed by atoms with E-state index in [1.54, 1.807) is 6.92 Å². The predicted octanol–water partition coefficient (Wildman–Crippen LogP) is 1.02. The smallest absolute Gasteiger partial charge is 0.124 e. The van der Waals surface area contributed by atoms with Gasteiger partial charge in [-0.1, -0.05) is 6.58 Å². The lowest BCUT2D eigenvalue weighted by atomic mass is 10.4. The molecule has 0 aromatic carbocycles. The highest BCUT2D eigenvalue weighted by Crippen LogP contribution is 1.87. The van der Waals surface area contributed by atoms with Gasteiger partial charge >= 0.3 is 0 Å². The van der Waals surface area contributed by atoms with Crippen molar-refractivity contribution in [3.63, 3.8) is 0 Å². The Morgan fingerprint density at radius 1 is 1.88 bits per heavy atom. The molecule has 0 aromatic rings. The van der Waals surface area contributed by atoms with Gasteiger partial charge in [-0.2, -0.15) is 0 Å². The molecular formula is C5H10O3. The maximum Gasteiger partial charge on any atom is 0.124 e. The minimum atomic E-state index is -0.284. The molecule has 0 aliphatic carbocycles. The SMILES string of the molecule is C=COCC(C)OO. The van der Waals surface area contributed by atoms with E-state index >= 15 is 0 Å². The monoisotopic (exact) mass is 118 g/mol. The molecule has 48 valence electrons. The van der Waals surface area contributed by atoms with Crippen LogP contribution in [0.2, 0.25) is 0 Å². The van der Waals surface area contributed by atoms with E-state index in [1.807, 2.05) is 0 Å². The Morgan fingerprint density at radius 2 is 2.50 bits per heavy atom. The van der Waals surface area contributed by atoms with Crippen molar-refractivity contribution in [3.05, 3.63) is 12.8 Å². The zero-order valence-corrected chi connectivity index (χ0v) is 4.83. The first kappa shape index (κ1) is 7.46. The molecule has 0 fully saturated rings. The molecule has 0 heterocycles. The van der Waals surface area contributed by atoms with Crippen LogP contribution in [0, 0.1) is 0 Å². The Morgan fingerprint density at radius 3 is 2.88 bits per heavy atom. The summed E-state index contributed by atoms with van der Waals surface area (Å²) in [6.07, 6.45) is 1.02. The summed E-state index contributed by atoms with van der Waals surface area (Å²) in [4.78, 5) is 3.88. The second-order valence-electron chi connectivity index (χ2n) is 1.42. The van der Waals surface area contributed by atoms with Crippen LogP contribution in [0.1, 0.15) is 6.92 Å². The summed E-state index contributed by atoms with van der Waals surface area (Å²) in [6.45, 7) is 5.32. The van der Waals surface area contributed by atoms with Gasteiger partial charge in [0.2, 0.25) is 0 Å². The number of hydrogen-bond donors (Lipinski definition) is 1. The van der Waals surface area contributed by atoms with Crippen molar-refractivity contribution < 1.29 is 14.9 Å². The van der Waals surface area contributed by atoms with Crippen molar-refractivity contribution in [2.75, 3.05) is 6.61 Å². The summed E-state index contributed by atoms with van der Waals surface area (Å²) in [5.41, 5.74) is 0. The molecule has 0 saturated heterocycles. The predicted molar refractivity (Wildman–Crippen MR) is 29.3 cm³/mol. The number of ether oxygens (including phenoxy) is 1. The summed E-state index contributed by atoms with van der Waals surface area (Å²) in [5, 5.41) is 7.95. The first-order chi connectivity index (χ1) is 3.81. The van der Waals surface area contributed by atoms with E-state index in [1.165, 1.54) is 6.26 Å². The van der Waals surface area contributed by atoms with Gasteiger partial charge in [0.15, 0.2) is 0 Å². The van der Waals surface area contributed by atoms with Crippen molar-refractivity contribution in [1.29, 1.82) is 0 Å². The van der Waals surface area contributed by atoms with Crippen LogP contribution >= 0.6 is 0 Å². The Bertz CT molecular complexity index is 62.7. The molecule has 0 saturated carbocycles. The molecule has 1 atom stereocenters. The van der Waals surface area contributed by atoms with E-state index in [4.69, 9.17) is 5.26 Å². The molecule has 3 nitrogen and oxygen atoms in total. The fourth-order valence-corrected chi connectivity index (χ4v) is 0.234. The molecule has 1 N–H and O–H groups in total. The number of rotatable bonds is 4. The zero-order valence-electron chi connectivity index (χ0n) is 4.83. The van der Waals surface area contributed by atoms with Gasteiger partial charge in [-0.25, -0.2) is 4.89 Å². The maximum atomic E-state index is 7.95. The zero-order chi connectivity index (χ0) is 6.41. The van der Waals surface area contributed by atoms with E-state index in [9.17, 15) is 0 Å². The molecule has 0 aromatic heterocycles. The van der Waals surface area contributed by atoms with Crippen molar-refractivity contribution in [2.24, 2.45) is 0 Å². The van der Waals surface area contributed by atoms with Gasteiger partial charge in [0.1, 0.15) is 12.7 Å². The fraction of sp³-hybridized carbons (Fsp3) is 0.600. The van der Waals surface area contributed by atoms with Crippen molar-refractivity contribution in [2.45, 2.75) is 13.0 Å². The van der Waals surface area contributed by atoms with Gasteiger partial charge in [-0.05, 0) is 6.92 Å². The molecule has 0 radical (unpaired) electrons. The first-order valence-corrected chi connectivity index (χ1v) is 2.34. The normalized spacial score (nSPS) is 12.8. The van der Waals surface area contributed by atoms with Crippen molar-refractivity contribution in [3.8, 4) is 0 Å². The molecular weight excluding hydrogens is 108 g/mol. The molecule has 0 amide bonds. The van der Waals surface area contributed by atoms with Crippen LogP contribution in [-0.4, -0.2) is 18.0 Å². The topological polar surface area (TPSA) is 38.7 Å². The highest BCUT2D eigenvalue weighted by Gasteiger charge is 1.97. The molecule has 0 aliphatic rings. The fourth-order valence-electron chi connectivity index (χ4n) is 0.234. The van der Waals surface area contributed by atoms with Gasteiger partial charge in [0.05, 0.1) is 6.26 Å². The number of hydrogen-bond acceptors (Lipinski definition) is 3. The third kappa shape index (κ3) is 3.64. The Kier molecular flexibility index (Phi) is 4.30. The van der Waals surface area contributed by atoms with Gasteiger partial charge in [-0.15, -0.1) is 0 Å². The largest absolute Gasteiger partial charge is 0.499 e. The molecule has 0 bridgehead atoms. The molecule has 0 rings (SSSR count). The molecule has 0 spiro atoms. The average Bonchev–Trinajstić information content (AvgIpc) is 1.83. The van der Waals surface area contributed by atoms with E-state index < -0.39 is 0 Å². The minimum Gasteiger partial charge on any atom is -0.499 e. The van der Waals surface area contributed by atoms with Crippen LogP contribution in [0.3, 0.4) is 0 Å². The Labute approximate surface area is 48.5 Å². The van der Waals surface area contributed by atoms with E-state index in [0.717, 1.165) is 0 Å². The average molecular weight is 118 g/mol. The summed E-state index contributed by atoms with van der Waals surface area (Å²) < 4.78 is 4.67. The van der Waals surface area contributed by atoms with E-state index in [2.05, 4.69) is 16.2 Å². The summed E-state index contributed by atoms with van der Waals surface area (Å²) in [5.74, 6) is 0.